The molecule has 4 rings (SSSR count). The second-order valence-corrected chi connectivity index (χ2v) is 12.6. The summed E-state index contributed by atoms with van der Waals surface area (Å²) in [5.74, 6) is 0.868. The van der Waals surface area contributed by atoms with Gasteiger partial charge in [0.25, 0.3) is 0 Å². The summed E-state index contributed by atoms with van der Waals surface area (Å²) < 4.78 is 72.5. The summed E-state index contributed by atoms with van der Waals surface area (Å²) in [5, 5.41) is 4.69. The van der Waals surface area contributed by atoms with Gasteiger partial charge in [-0.25, -0.2) is 13.4 Å². The molecule has 0 aliphatic carbocycles. The Labute approximate surface area is 222 Å². The predicted octanol–water partition coefficient (Wildman–Crippen LogP) is 2.91. The maximum absolute atomic E-state index is 12.3. The molecular weight excluding hydrogens is 534 g/mol. The monoisotopic (exact) mass is 567 g/mol. The minimum absolute atomic E-state index is 0.105. The van der Waals surface area contributed by atoms with Gasteiger partial charge >= 0.3 is 10.3 Å². The zero-order chi connectivity index (χ0) is 27.7. The topological polar surface area (TPSA) is 154 Å². The lowest BCUT2D eigenvalue weighted by Crippen LogP contribution is -2.45. The van der Waals surface area contributed by atoms with Gasteiger partial charge in [0.2, 0.25) is 5.88 Å². The number of aryl methyl sites for hydroxylation is 1. The summed E-state index contributed by atoms with van der Waals surface area (Å²) >= 11 is 0. The average molecular weight is 568 g/mol. The van der Waals surface area contributed by atoms with Gasteiger partial charge < -0.3 is 9.47 Å². The summed E-state index contributed by atoms with van der Waals surface area (Å²) in [6, 6.07) is 4.08. The van der Waals surface area contributed by atoms with Crippen LogP contribution in [0.2, 0.25) is 0 Å². The lowest BCUT2D eigenvalue weighted by Gasteiger charge is -2.32. The smallest absolute Gasteiger partial charge is 0.336 e. The van der Waals surface area contributed by atoms with Crippen LogP contribution in [-0.4, -0.2) is 78.0 Å². The number of ether oxygens (including phenoxy) is 2. The highest BCUT2D eigenvalue weighted by Crippen LogP contribution is 2.35. The van der Waals surface area contributed by atoms with E-state index >= 15 is 0 Å². The van der Waals surface area contributed by atoms with Crippen molar-refractivity contribution in [2.45, 2.75) is 63.4 Å². The molecule has 12 nitrogen and oxygen atoms in total. The molecule has 1 fully saturated rings. The quantitative estimate of drug-likeness (QED) is 0.362. The van der Waals surface area contributed by atoms with Crippen molar-refractivity contribution in [1.29, 1.82) is 0 Å². The number of nitrogens with zero attached hydrogens (tertiary/aromatic N) is 5. The Morgan fingerprint density at radius 3 is 2.53 bits per heavy atom. The number of benzene rings is 1. The third-order valence-corrected chi connectivity index (χ3v) is 8.67. The molecule has 3 aromatic rings. The van der Waals surface area contributed by atoms with E-state index in [-0.39, 0.29) is 29.7 Å². The normalized spacial score (nSPS) is 17.1. The van der Waals surface area contributed by atoms with Gasteiger partial charge in [-0.15, -0.1) is 0 Å². The summed E-state index contributed by atoms with van der Waals surface area (Å²) in [6.45, 7) is 4.73. The second kappa shape index (κ2) is 11.1. The Morgan fingerprint density at radius 1 is 1.13 bits per heavy atom. The fourth-order valence-corrected chi connectivity index (χ4v) is 6.21. The summed E-state index contributed by atoms with van der Waals surface area (Å²) in [7, 11) is -6.41. The number of hydrogen-bond acceptors (Lipinski definition) is 9. The molecule has 0 amide bonds. The molecule has 1 aliphatic heterocycles. The van der Waals surface area contributed by atoms with Crippen LogP contribution in [-0.2, 0) is 33.1 Å². The first-order valence-corrected chi connectivity index (χ1v) is 15.8. The molecule has 0 bridgehead atoms. The third kappa shape index (κ3) is 5.77. The van der Waals surface area contributed by atoms with E-state index in [0.717, 1.165) is 23.4 Å². The van der Waals surface area contributed by atoms with Gasteiger partial charge in [0.15, 0.2) is 15.7 Å². The number of methoxy groups -OCH3 is 1. The number of fused-ring (bicyclic) bond motifs is 1. The molecule has 38 heavy (non-hydrogen) atoms. The molecular formula is C24H33N5O7S2. The van der Waals surface area contributed by atoms with Crippen LogP contribution in [0.4, 0.5) is 0 Å². The number of piperidine rings is 1. The highest BCUT2D eigenvalue weighted by Gasteiger charge is 2.33. The van der Waals surface area contributed by atoms with Crippen molar-refractivity contribution in [1.82, 2.24) is 24.1 Å². The van der Waals surface area contributed by atoms with E-state index in [2.05, 4.69) is 4.98 Å². The van der Waals surface area contributed by atoms with E-state index in [1.54, 1.807) is 10.7 Å². The van der Waals surface area contributed by atoms with Crippen LogP contribution in [0, 0.1) is 0 Å². The summed E-state index contributed by atoms with van der Waals surface area (Å²) in [6.07, 6.45) is 4.47. The molecule has 208 valence electrons. The molecule has 14 heteroatoms. The van der Waals surface area contributed by atoms with Crippen LogP contribution in [0.1, 0.15) is 45.2 Å². The van der Waals surface area contributed by atoms with Gasteiger partial charge in [-0.2, -0.15) is 22.8 Å². The molecule has 2 aromatic heterocycles. The predicted molar refractivity (Wildman–Crippen MR) is 141 cm³/mol. The van der Waals surface area contributed by atoms with E-state index in [1.807, 2.05) is 13.8 Å². The van der Waals surface area contributed by atoms with Crippen molar-refractivity contribution in [2.24, 2.45) is 0 Å². The summed E-state index contributed by atoms with van der Waals surface area (Å²) in [5.41, 5.74) is 2.05. The Morgan fingerprint density at radius 2 is 1.89 bits per heavy atom. The van der Waals surface area contributed by atoms with Crippen molar-refractivity contribution in [3.05, 3.63) is 23.9 Å². The fraction of sp³-hybridized carbons (Fsp3) is 0.542. The Bertz CT molecular complexity index is 1540. The molecule has 1 saturated heterocycles. The van der Waals surface area contributed by atoms with Crippen molar-refractivity contribution in [3.63, 3.8) is 0 Å². The van der Waals surface area contributed by atoms with E-state index in [1.165, 1.54) is 19.2 Å². The van der Waals surface area contributed by atoms with Crippen molar-refractivity contribution >= 4 is 31.2 Å². The van der Waals surface area contributed by atoms with Gasteiger partial charge in [0.05, 0.1) is 36.4 Å². The van der Waals surface area contributed by atoms with Gasteiger partial charge in [-0.3, -0.25) is 9.23 Å². The third-order valence-electron chi connectivity index (χ3n) is 6.49. The van der Waals surface area contributed by atoms with E-state index in [0.29, 0.717) is 53.9 Å². The van der Waals surface area contributed by atoms with Crippen LogP contribution < -0.4 is 9.47 Å². The maximum atomic E-state index is 12.3. The molecule has 1 atom stereocenters. The van der Waals surface area contributed by atoms with Crippen LogP contribution >= 0.6 is 0 Å². The van der Waals surface area contributed by atoms with Gasteiger partial charge in [0.1, 0.15) is 16.8 Å². The van der Waals surface area contributed by atoms with E-state index in [9.17, 15) is 21.4 Å². The van der Waals surface area contributed by atoms with Crippen molar-refractivity contribution in [3.8, 4) is 23.0 Å². The van der Waals surface area contributed by atoms with E-state index < -0.39 is 26.2 Å². The molecule has 0 radical (unpaired) electrons. The van der Waals surface area contributed by atoms with E-state index in [4.69, 9.17) is 19.6 Å². The van der Waals surface area contributed by atoms with Crippen LogP contribution in [0.15, 0.2) is 23.1 Å². The lowest BCUT2D eigenvalue weighted by atomic mass is 10.1. The van der Waals surface area contributed by atoms with Crippen LogP contribution in [0.25, 0.3) is 22.4 Å². The first-order valence-electron chi connectivity index (χ1n) is 12.5. The molecule has 0 unspecified atom stereocenters. The molecule has 1 aromatic carbocycles. The maximum Gasteiger partial charge on any atom is 0.336 e. The summed E-state index contributed by atoms with van der Waals surface area (Å²) in [4.78, 5) is 9.47. The Kier molecular flexibility index (Phi) is 8.26. The standard InChI is InChI=1S/C24H33N5O7S2/c1-5-13-36-20-11-10-17(37(4,30)31)14-18(20)23-25-21-19(6-2)27-28(22(21)24(26-23)35-3)15-16-9-7-8-12-29(16)38(32,33)34/h10-11,14,16H,5-9,12-13,15H2,1-4H3,(H,32,33,34)/t16-/m0/s1. The first kappa shape index (κ1) is 28.2. The van der Waals surface area contributed by atoms with Crippen molar-refractivity contribution in [2.75, 3.05) is 26.5 Å². The number of rotatable bonds is 10. The van der Waals surface area contributed by atoms with Crippen molar-refractivity contribution < 1.29 is 30.9 Å². The fourth-order valence-electron chi connectivity index (χ4n) is 4.66. The molecule has 1 N–H and O–H groups in total. The Hall–Kier alpha value is -2.81. The average Bonchev–Trinajstić information content (AvgIpc) is 3.23. The van der Waals surface area contributed by atoms with Gasteiger partial charge in [0, 0.05) is 18.8 Å². The highest BCUT2D eigenvalue weighted by atomic mass is 32.2. The lowest BCUT2D eigenvalue weighted by molar-refractivity contribution is 0.207. The molecule has 3 heterocycles. The molecule has 0 spiro atoms. The highest BCUT2D eigenvalue weighted by molar-refractivity contribution is 7.90. The minimum atomic E-state index is -4.37. The number of hydrogen-bond donors (Lipinski definition) is 1. The van der Waals surface area contributed by atoms with Crippen LogP contribution in [0.5, 0.6) is 11.6 Å². The molecule has 0 saturated carbocycles. The van der Waals surface area contributed by atoms with Crippen LogP contribution in [0.3, 0.4) is 0 Å². The van der Waals surface area contributed by atoms with Gasteiger partial charge in [-0.05, 0) is 43.9 Å². The first-order chi connectivity index (χ1) is 18.0. The molecule has 1 aliphatic rings. The minimum Gasteiger partial charge on any atom is -0.493 e. The number of aromatic nitrogens is 4. The Balaban J connectivity index is 1.87. The van der Waals surface area contributed by atoms with Gasteiger partial charge in [-0.1, -0.05) is 20.3 Å². The SMILES string of the molecule is CCCOc1ccc(S(C)(=O)=O)cc1-c1nc(OC)c2c(n1)c(CC)nn2C[C@@H]1CCCCN1S(=O)(=O)O. The zero-order valence-electron chi connectivity index (χ0n) is 21.9. The second-order valence-electron chi connectivity index (χ2n) is 9.25. The number of sulfone groups is 1. The zero-order valence-corrected chi connectivity index (χ0v) is 23.5. The largest absolute Gasteiger partial charge is 0.493 e.